The monoisotopic (exact) mass is 306 g/mol. The molecule has 3 rings (SSSR count). The van der Waals surface area contributed by atoms with Crippen LogP contribution in [0.3, 0.4) is 0 Å². The number of nitrogens with zero attached hydrogens (tertiary/aromatic N) is 2. The van der Waals surface area contributed by atoms with Crippen LogP contribution in [0.2, 0.25) is 0 Å². The van der Waals surface area contributed by atoms with Crippen molar-refractivity contribution in [1.82, 2.24) is 4.90 Å². The number of anilines is 1. The van der Waals surface area contributed by atoms with Gasteiger partial charge in [0.25, 0.3) is 0 Å². The lowest BCUT2D eigenvalue weighted by Crippen LogP contribution is -2.53. The Morgan fingerprint density at radius 3 is 2.68 bits per heavy atom. The maximum Gasteiger partial charge on any atom is 0.407 e. The Labute approximate surface area is 130 Å². The van der Waals surface area contributed by atoms with Gasteiger partial charge in [0, 0.05) is 31.4 Å². The van der Waals surface area contributed by atoms with Crippen LogP contribution in [0.15, 0.2) is 18.2 Å². The fourth-order valence-electron chi connectivity index (χ4n) is 2.90. The Balaban J connectivity index is 1.67. The maximum atomic E-state index is 11.1. The van der Waals surface area contributed by atoms with Crippen LogP contribution in [0, 0.1) is 6.92 Å². The van der Waals surface area contributed by atoms with Gasteiger partial charge in [0.1, 0.15) is 11.9 Å². The van der Waals surface area contributed by atoms with E-state index in [1.165, 1.54) is 4.90 Å². The molecular formula is C16H22N2O4. The summed E-state index contributed by atoms with van der Waals surface area (Å²) >= 11 is 0. The fourth-order valence-corrected chi connectivity index (χ4v) is 2.90. The molecule has 0 aromatic heterocycles. The zero-order chi connectivity index (χ0) is 15.7. The normalized spacial score (nSPS) is 22.4. The second kappa shape index (κ2) is 6.04. The summed E-state index contributed by atoms with van der Waals surface area (Å²) in [5.74, 6) is 0.897. The van der Waals surface area contributed by atoms with Gasteiger partial charge in [-0.2, -0.15) is 0 Å². The second-order valence-corrected chi connectivity index (χ2v) is 6.00. The molecule has 2 aliphatic heterocycles. The van der Waals surface area contributed by atoms with E-state index in [9.17, 15) is 4.79 Å². The molecule has 0 radical (unpaired) electrons. The van der Waals surface area contributed by atoms with Crippen LogP contribution in [0.1, 0.15) is 12.5 Å². The second-order valence-electron chi connectivity index (χ2n) is 6.00. The lowest BCUT2D eigenvalue weighted by atomic mass is 10.1. The molecule has 2 saturated heterocycles. The first-order valence-electron chi connectivity index (χ1n) is 7.64. The number of benzene rings is 1. The molecule has 2 fully saturated rings. The van der Waals surface area contributed by atoms with Crippen LogP contribution in [0.4, 0.5) is 10.5 Å². The van der Waals surface area contributed by atoms with E-state index in [2.05, 4.69) is 11.0 Å². The topological polar surface area (TPSA) is 62.2 Å². The largest absolute Gasteiger partial charge is 0.485 e. The zero-order valence-electron chi connectivity index (χ0n) is 13.0. The quantitative estimate of drug-likeness (QED) is 0.925. The van der Waals surface area contributed by atoms with E-state index in [-0.39, 0.29) is 12.1 Å². The summed E-state index contributed by atoms with van der Waals surface area (Å²) in [4.78, 5) is 14.9. The van der Waals surface area contributed by atoms with Crippen LogP contribution in [-0.4, -0.2) is 61.1 Å². The molecule has 22 heavy (non-hydrogen) atoms. The number of carbonyl (C=O) groups is 1. The number of ether oxygens (including phenoxy) is 2. The number of rotatable bonds is 3. The molecule has 0 aliphatic carbocycles. The molecule has 0 bridgehead atoms. The number of hydrogen-bond acceptors (Lipinski definition) is 4. The Morgan fingerprint density at radius 1 is 1.36 bits per heavy atom. The van der Waals surface area contributed by atoms with Gasteiger partial charge in [-0.3, -0.25) is 0 Å². The van der Waals surface area contributed by atoms with Crippen molar-refractivity contribution in [3.63, 3.8) is 0 Å². The predicted molar refractivity (Wildman–Crippen MR) is 82.8 cm³/mol. The third-order valence-electron chi connectivity index (χ3n) is 4.30. The smallest absolute Gasteiger partial charge is 0.407 e. The van der Waals surface area contributed by atoms with Crippen molar-refractivity contribution < 1.29 is 19.4 Å². The zero-order valence-corrected chi connectivity index (χ0v) is 13.0. The minimum Gasteiger partial charge on any atom is -0.485 e. The Morgan fingerprint density at radius 2 is 2.14 bits per heavy atom. The van der Waals surface area contributed by atoms with Gasteiger partial charge in [-0.25, -0.2) is 4.79 Å². The molecule has 1 atom stereocenters. The maximum absolute atomic E-state index is 11.1. The first-order chi connectivity index (χ1) is 10.5. The number of hydrogen-bond donors (Lipinski definition) is 1. The highest BCUT2D eigenvalue weighted by molar-refractivity contribution is 5.66. The average molecular weight is 306 g/mol. The third-order valence-corrected chi connectivity index (χ3v) is 4.30. The summed E-state index contributed by atoms with van der Waals surface area (Å²) < 4.78 is 11.0. The highest BCUT2D eigenvalue weighted by Crippen LogP contribution is 2.27. The molecule has 1 amide bonds. The van der Waals surface area contributed by atoms with Gasteiger partial charge in [0.2, 0.25) is 0 Å². The molecule has 1 aromatic carbocycles. The summed E-state index contributed by atoms with van der Waals surface area (Å²) in [5.41, 5.74) is 2.21. The van der Waals surface area contributed by atoms with Crippen molar-refractivity contribution in [3.8, 4) is 5.75 Å². The van der Waals surface area contributed by atoms with E-state index >= 15 is 0 Å². The molecule has 6 nitrogen and oxygen atoms in total. The van der Waals surface area contributed by atoms with Gasteiger partial charge >= 0.3 is 6.09 Å². The molecule has 1 N–H and O–H groups in total. The summed E-state index contributed by atoms with van der Waals surface area (Å²) in [6.45, 7) is 7.27. The fraction of sp³-hybridized carbons (Fsp3) is 0.562. The molecule has 2 aliphatic rings. The highest BCUT2D eigenvalue weighted by atomic mass is 16.6. The van der Waals surface area contributed by atoms with Crippen molar-refractivity contribution in [2.75, 3.05) is 37.7 Å². The van der Waals surface area contributed by atoms with Gasteiger partial charge in [-0.15, -0.1) is 0 Å². The van der Waals surface area contributed by atoms with Gasteiger partial charge < -0.3 is 24.4 Å². The first-order valence-corrected chi connectivity index (χ1v) is 7.64. The molecule has 6 heteroatoms. The van der Waals surface area contributed by atoms with Gasteiger partial charge in [0.05, 0.1) is 13.2 Å². The van der Waals surface area contributed by atoms with Crippen molar-refractivity contribution in [2.45, 2.75) is 26.0 Å². The summed E-state index contributed by atoms with van der Waals surface area (Å²) in [7, 11) is 0. The van der Waals surface area contributed by atoms with Gasteiger partial charge in [-0.05, 0) is 37.6 Å². The van der Waals surface area contributed by atoms with Crippen LogP contribution in [0.25, 0.3) is 0 Å². The average Bonchev–Trinajstić information content (AvgIpc) is 2.43. The summed E-state index contributed by atoms with van der Waals surface area (Å²) in [5, 5.41) is 9.14. The van der Waals surface area contributed by atoms with Gasteiger partial charge in [0.15, 0.2) is 0 Å². The lowest BCUT2D eigenvalue weighted by Gasteiger charge is -2.39. The Kier molecular flexibility index (Phi) is 4.11. The number of amides is 1. The minimum absolute atomic E-state index is 0.00499. The molecular weight excluding hydrogens is 284 g/mol. The van der Waals surface area contributed by atoms with Crippen LogP contribution >= 0.6 is 0 Å². The molecule has 120 valence electrons. The van der Waals surface area contributed by atoms with Crippen LogP contribution < -0.4 is 9.64 Å². The van der Waals surface area contributed by atoms with Crippen LogP contribution in [0.5, 0.6) is 5.75 Å². The molecule has 2 heterocycles. The van der Waals surface area contributed by atoms with E-state index in [0.29, 0.717) is 32.8 Å². The summed E-state index contributed by atoms with van der Waals surface area (Å²) in [6, 6.07) is 6.15. The third kappa shape index (κ3) is 2.97. The Bertz CT molecular complexity index is 559. The van der Waals surface area contributed by atoms with Crippen LogP contribution in [-0.2, 0) is 4.74 Å². The first kappa shape index (κ1) is 15.0. The molecule has 1 aromatic rings. The van der Waals surface area contributed by atoms with E-state index in [1.807, 2.05) is 26.0 Å². The van der Waals surface area contributed by atoms with E-state index in [1.54, 1.807) is 0 Å². The predicted octanol–water partition coefficient (Wildman–Crippen LogP) is 1.96. The number of piperazine rings is 1. The Hall–Kier alpha value is -1.95. The number of carboxylic acid groups (broad SMARTS) is 1. The SMILES string of the molecule is Cc1cc(N2CCN(C(=O)O)C(C)C2)ccc1OC1COC1. The lowest BCUT2D eigenvalue weighted by molar-refractivity contribution is -0.0799. The van der Waals surface area contributed by atoms with Crippen molar-refractivity contribution >= 4 is 11.8 Å². The van der Waals surface area contributed by atoms with E-state index in [4.69, 9.17) is 14.6 Å². The standard InChI is InChI=1S/C16H22N2O4/c1-11-7-13(3-4-15(11)22-14-9-21-10-14)17-5-6-18(16(19)20)12(2)8-17/h3-4,7,12,14H,5-6,8-10H2,1-2H3,(H,19,20). The molecule has 0 spiro atoms. The van der Waals surface area contributed by atoms with Gasteiger partial charge in [-0.1, -0.05) is 0 Å². The highest BCUT2D eigenvalue weighted by Gasteiger charge is 2.27. The van der Waals surface area contributed by atoms with E-state index in [0.717, 1.165) is 17.0 Å². The molecule has 0 saturated carbocycles. The van der Waals surface area contributed by atoms with Crippen molar-refractivity contribution in [3.05, 3.63) is 23.8 Å². The van der Waals surface area contributed by atoms with E-state index < -0.39 is 6.09 Å². The van der Waals surface area contributed by atoms with Crippen molar-refractivity contribution in [1.29, 1.82) is 0 Å². The molecule has 1 unspecified atom stereocenters. The van der Waals surface area contributed by atoms with Crippen molar-refractivity contribution in [2.24, 2.45) is 0 Å². The minimum atomic E-state index is -0.838. The number of aryl methyl sites for hydroxylation is 1. The summed E-state index contributed by atoms with van der Waals surface area (Å²) in [6.07, 6.45) is -0.668.